The molecule has 0 radical (unpaired) electrons. The number of hydrogen-bond acceptors (Lipinski definition) is 4. The Labute approximate surface area is 120 Å². The Morgan fingerprint density at radius 3 is 2.42 bits per heavy atom. The lowest BCUT2D eigenvalue weighted by Gasteiger charge is -2.25. The van der Waals surface area contributed by atoms with E-state index < -0.39 is 0 Å². The number of nitrogens with zero attached hydrogens (tertiary/aromatic N) is 4. The van der Waals surface area contributed by atoms with Crippen LogP contribution in [0.1, 0.15) is 45.0 Å². The molecular formula is C14H21ClN4. The maximum Gasteiger partial charge on any atom is 0.137 e. The highest BCUT2D eigenvalue weighted by molar-refractivity contribution is 6.30. The standard InChI is InChI=1S/C14H21ClN4/c1-6-19(8-10(4)7-16)14-11(5)12(15)17-13(18-14)9(2)3/h9-10H,6,8H2,1-5H3. The van der Waals surface area contributed by atoms with Crippen molar-refractivity contribution in [3.05, 3.63) is 16.5 Å². The summed E-state index contributed by atoms with van der Waals surface area (Å²) in [5.41, 5.74) is 0.873. The van der Waals surface area contributed by atoms with Crippen molar-refractivity contribution >= 4 is 17.4 Å². The van der Waals surface area contributed by atoms with Crippen LogP contribution in [0.2, 0.25) is 5.15 Å². The van der Waals surface area contributed by atoms with Crippen LogP contribution in [0, 0.1) is 24.2 Å². The monoisotopic (exact) mass is 280 g/mol. The summed E-state index contributed by atoms with van der Waals surface area (Å²) in [5, 5.41) is 9.45. The molecule has 5 heteroatoms. The molecule has 0 aliphatic rings. The lowest BCUT2D eigenvalue weighted by molar-refractivity contribution is 0.669. The maximum atomic E-state index is 8.96. The number of anilines is 1. The summed E-state index contributed by atoms with van der Waals surface area (Å²) in [6.45, 7) is 11.4. The van der Waals surface area contributed by atoms with Crippen LogP contribution < -0.4 is 4.90 Å². The molecule has 0 amide bonds. The summed E-state index contributed by atoms with van der Waals surface area (Å²) >= 11 is 6.19. The molecule has 0 saturated carbocycles. The molecule has 1 rings (SSSR count). The Morgan fingerprint density at radius 1 is 1.32 bits per heavy atom. The van der Waals surface area contributed by atoms with Gasteiger partial charge in [-0.05, 0) is 20.8 Å². The Morgan fingerprint density at radius 2 is 1.95 bits per heavy atom. The minimum absolute atomic E-state index is 0.0457. The molecule has 0 fully saturated rings. The Balaban J connectivity index is 3.19. The molecule has 0 aromatic carbocycles. The summed E-state index contributed by atoms with van der Waals surface area (Å²) < 4.78 is 0. The summed E-state index contributed by atoms with van der Waals surface area (Å²) in [7, 11) is 0. The Hall–Kier alpha value is -1.34. The molecule has 1 aromatic rings. The van der Waals surface area contributed by atoms with Gasteiger partial charge in [0.05, 0.1) is 12.0 Å². The number of rotatable bonds is 5. The van der Waals surface area contributed by atoms with E-state index in [1.807, 2.05) is 27.7 Å². The fraction of sp³-hybridized carbons (Fsp3) is 0.643. The van der Waals surface area contributed by atoms with Crippen molar-refractivity contribution in [1.82, 2.24) is 9.97 Å². The van der Waals surface area contributed by atoms with Crippen molar-refractivity contribution in [1.29, 1.82) is 5.26 Å². The van der Waals surface area contributed by atoms with Crippen LogP contribution in [0.25, 0.3) is 0 Å². The SMILES string of the molecule is CCN(CC(C)C#N)c1nc(C(C)C)nc(Cl)c1C. The highest BCUT2D eigenvalue weighted by atomic mass is 35.5. The zero-order valence-electron chi connectivity index (χ0n) is 12.2. The van der Waals surface area contributed by atoms with E-state index >= 15 is 0 Å². The van der Waals surface area contributed by atoms with Crippen molar-refractivity contribution in [2.45, 2.75) is 40.5 Å². The second kappa shape index (κ2) is 6.72. The van der Waals surface area contributed by atoms with E-state index in [9.17, 15) is 0 Å². The normalized spacial score (nSPS) is 12.3. The van der Waals surface area contributed by atoms with Gasteiger partial charge in [-0.3, -0.25) is 0 Å². The van der Waals surface area contributed by atoms with Crippen LogP contribution in [-0.4, -0.2) is 23.1 Å². The van der Waals surface area contributed by atoms with Crippen molar-refractivity contribution < 1.29 is 0 Å². The fourth-order valence-electron chi connectivity index (χ4n) is 1.80. The van der Waals surface area contributed by atoms with Gasteiger partial charge in [0.1, 0.15) is 16.8 Å². The number of nitriles is 1. The molecule has 19 heavy (non-hydrogen) atoms. The summed E-state index contributed by atoms with van der Waals surface area (Å²) in [6, 6.07) is 2.25. The molecule has 0 aliphatic heterocycles. The molecule has 0 aliphatic carbocycles. The number of halogens is 1. The first kappa shape index (κ1) is 15.7. The Bertz CT molecular complexity index is 479. The average molecular weight is 281 g/mol. The zero-order chi connectivity index (χ0) is 14.6. The molecule has 0 spiro atoms. The Kier molecular flexibility index (Phi) is 5.56. The highest BCUT2D eigenvalue weighted by Gasteiger charge is 2.17. The van der Waals surface area contributed by atoms with Crippen LogP contribution in [0.3, 0.4) is 0 Å². The predicted molar refractivity (Wildman–Crippen MR) is 78.5 cm³/mol. The third-order valence-corrected chi connectivity index (χ3v) is 3.36. The second-order valence-corrected chi connectivity index (χ2v) is 5.40. The van der Waals surface area contributed by atoms with Crippen LogP contribution in [0.15, 0.2) is 0 Å². The van der Waals surface area contributed by atoms with Crippen molar-refractivity contribution in [2.75, 3.05) is 18.0 Å². The number of hydrogen-bond donors (Lipinski definition) is 0. The van der Waals surface area contributed by atoms with Gasteiger partial charge in [0.2, 0.25) is 0 Å². The molecular weight excluding hydrogens is 260 g/mol. The van der Waals surface area contributed by atoms with Crippen molar-refractivity contribution in [3.63, 3.8) is 0 Å². The van der Waals surface area contributed by atoms with E-state index in [0.29, 0.717) is 11.7 Å². The molecule has 0 bridgehead atoms. The van der Waals surface area contributed by atoms with E-state index in [2.05, 4.69) is 27.9 Å². The van der Waals surface area contributed by atoms with Gasteiger partial charge in [0, 0.05) is 24.6 Å². The minimum Gasteiger partial charge on any atom is -0.355 e. The van der Waals surface area contributed by atoms with Gasteiger partial charge in [0.25, 0.3) is 0 Å². The molecule has 1 heterocycles. The largest absolute Gasteiger partial charge is 0.355 e. The molecule has 1 unspecified atom stereocenters. The third-order valence-electron chi connectivity index (χ3n) is 2.99. The van der Waals surface area contributed by atoms with E-state index in [0.717, 1.165) is 23.8 Å². The van der Waals surface area contributed by atoms with E-state index in [-0.39, 0.29) is 11.8 Å². The predicted octanol–water partition coefficient (Wildman–Crippen LogP) is 3.55. The summed E-state index contributed by atoms with van der Waals surface area (Å²) in [6.07, 6.45) is 0. The topological polar surface area (TPSA) is 52.8 Å². The van der Waals surface area contributed by atoms with Gasteiger partial charge >= 0.3 is 0 Å². The van der Waals surface area contributed by atoms with E-state index in [1.54, 1.807) is 0 Å². The quantitative estimate of drug-likeness (QED) is 0.774. The van der Waals surface area contributed by atoms with E-state index in [4.69, 9.17) is 16.9 Å². The second-order valence-electron chi connectivity index (χ2n) is 5.04. The number of aromatic nitrogens is 2. The van der Waals surface area contributed by atoms with Crippen LogP contribution in [0.5, 0.6) is 0 Å². The lowest BCUT2D eigenvalue weighted by Crippen LogP contribution is -2.30. The highest BCUT2D eigenvalue weighted by Crippen LogP contribution is 2.26. The maximum absolute atomic E-state index is 8.96. The molecule has 0 N–H and O–H groups in total. The van der Waals surface area contributed by atoms with E-state index in [1.165, 1.54) is 0 Å². The smallest absolute Gasteiger partial charge is 0.137 e. The van der Waals surface area contributed by atoms with Gasteiger partial charge in [-0.15, -0.1) is 0 Å². The first-order valence-corrected chi connectivity index (χ1v) is 6.97. The molecule has 1 atom stereocenters. The average Bonchev–Trinajstić information content (AvgIpc) is 2.38. The molecule has 104 valence electrons. The minimum atomic E-state index is -0.0457. The van der Waals surface area contributed by atoms with Gasteiger partial charge in [-0.1, -0.05) is 25.4 Å². The van der Waals surface area contributed by atoms with Gasteiger partial charge in [0.15, 0.2) is 0 Å². The van der Waals surface area contributed by atoms with Crippen LogP contribution >= 0.6 is 11.6 Å². The zero-order valence-corrected chi connectivity index (χ0v) is 13.0. The fourth-order valence-corrected chi connectivity index (χ4v) is 1.97. The van der Waals surface area contributed by atoms with Crippen molar-refractivity contribution in [2.24, 2.45) is 5.92 Å². The van der Waals surface area contributed by atoms with Crippen LogP contribution in [-0.2, 0) is 0 Å². The first-order chi connectivity index (χ1) is 8.90. The molecule has 4 nitrogen and oxygen atoms in total. The summed E-state index contributed by atoms with van der Waals surface area (Å²) in [5.74, 6) is 1.77. The lowest BCUT2D eigenvalue weighted by atomic mass is 10.1. The van der Waals surface area contributed by atoms with Crippen LogP contribution in [0.4, 0.5) is 5.82 Å². The first-order valence-electron chi connectivity index (χ1n) is 6.59. The van der Waals surface area contributed by atoms with Gasteiger partial charge in [-0.2, -0.15) is 5.26 Å². The molecule has 0 saturated heterocycles. The van der Waals surface area contributed by atoms with Gasteiger partial charge < -0.3 is 4.90 Å². The van der Waals surface area contributed by atoms with Gasteiger partial charge in [-0.25, -0.2) is 9.97 Å². The van der Waals surface area contributed by atoms with Crippen molar-refractivity contribution in [3.8, 4) is 6.07 Å². The third kappa shape index (κ3) is 3.81. The summed E-state index contributed by atoms with van der Waals surface area (Å²) in [4.78, 5) is 11.0. The molecule has 1 aromatic heterocycles.